The van der Waals surface area contributed by atoms with E-state index in [1.54, 1.807) is 0 Å². The van der Waals surface area contributed by atoms with Crippen LogP contribution in [0, 0.1) is 0 Å². The summed E-state index contributed by atoms with van der Waals surface area (Å²) >= 11 is 0. The number of likely N-dealkylation sites (tertiary alicyclic amines) is 1. The lowest BCUT2D eigenvalue weighted by molar-refractivity contribution is 0.198. The first-order chi connectivity index (χ1) is 8.88. The molecular weight excluding hydrogens is 224 g/mol. The van der Waals surface area contributed by atoms with E-state index in [-0.39, 0.29) is 0 Å². The Kier molecular flexibility index (Phi) is 2.31. The number of piperidine rings is 1. The predicted octanol–water partition coefficient (Wildman–Crippen LogP) is 2.08. The van der Waals surface area contributed by atoms with Crippen LogP contribution in [-0.2, 0) is 0 Å². The number of benzene rings is 1. The molecule has 0 amide bonds. The maximum Gasteiger partial charge on any atom is 0.142 e. The second-order valence-corrected chi connectivity index (χ2v) is 5.59. The van der Waals surface area contributed by atoms with Crippen molar-refractivity contribution in [3.63, 3.8) is 0 Å². The second-order valence-electron chi connectivity index (χ2n) is 5.59. The average Bonchev–Trinajstić information content (AvgIpc) is 2.76. The smallest absolute Gasteiger partial charge is 0.142 e. The van der Waals surface area contributed by atoms with Crippen molar-refractivity contribution in [2.75, 3.05) is 37.7 Å². The maximum absolute atomic E-state index is 5.82. The van der Waals surface area contributed by atoms with Crippen molar-refractivity contribution in [2.45, 2.75) is 25.3 Å². The van der Waals surface area contributed by atoms with Gasteiger partial charge in [-0.3, -0.25) is 0 Å². The molecule has 3 aliphatic heterocycles. The monoisotopic (exact) mass is 244 g/mol. The third-order valence-electron chi connectivity index (χ3n) is 4.81. The van der Waals surface area contributed by atoms with Crippen molar-refractivity contribution in [2.24, 2.45) is 0 Å². The fourth-order valence-corrected chi connectivity index (χ4v) is 3.93. The van der Waals surface area contributed by atoms with Gasteiger partial charge in [0, 0.05) is 25.0 Å². The molecule has 1 saturated heterocycles. The molecule has 1 aromatic carbocycles. The summed E-state index contributed by atoms with van der Waals surface area (Å²) in [5.41, 5.74) is 2.92. The summed E-state index contributed by atoms with van der Waals surface area (Å²) in [6.45, 7) is 7.82. The highest BCUT2D eigenvalue weighted by Crippen LogP contribution is 2.50. The molecular formula is C15H20N2O. The summed E-state index contributed by atoms with van der Waals surface area (Å²) in [7, 11) is 0. The van der Waals surface area contributed by atoms with Crippen LogP contribution >= 0.6 is 0 Å². The molecule has 0 radical (unpaired) electrons. The molecule has 1 aromatic rings. The number of likely N-dealkylation sites (N-methyl/N-ethyl adjacent to an activating group) is 1. The predicted molar refractivity (Wildman–Crippen MR) is 72.5 cm³/mol. The number of nitrogens with zero attached hydrogens (tertiary/aromatic N) is 2. The lowest BCUT2D eigenvalue weighted by Crippen LogP contribution is -2.47. The van der Waals surface area contributed by atoms with Crippen LogP contribution in [0.15, 0.2) is 18.2 Å². The second kappa shape index (κ2) is 3.89. The standard InChI is InChI=1S/C15H20N2O/c1-2-16-7-6-13-12(10-16)11-4-3-5-14-15(11)17(13)8-9-18-14/h3-5,12-13H,2,6-10H2,1H3. The third kappa shape index (κ3) is 1.34. The average molecular weight is 244 g/mol. The van der Waals surface area contributed by atoms with Crippen LogP contribution in [0.5, 0.6) is 5.75 Å². The van der Waals surface area contributed by atoms with Crippen molar-refractivity contribution >= 4 is 5.69 Å². The zero-order valence-corrected chi connectivity index (χ0v) is 10.9. The Balaban J connectivity index is 1.78. The normalized spacial score (nSPS) is 29.7. The van der Waals surface area contributed by atoms with Crippen LogP contribution in [0.3, 0.4) is 0 Å². The van der Waals surface area contributed by atoms with E-state index in [4.69, 9.17) is 4.74 Å². The van der Waals surface area contributed by atoms with Crippen LogP contribution in [-0.4, -0.2) is 43.7 Å². The van der Waals surface area contributed by atoms with Crippen LogP contribution in [0.25, 0.3) is 0 Å². The number of para-hydroxylation sites is 1. The molecule has 3 heterocycles. The highest BCUT2D eigenvalue weighted by molar-refractivity contribution is 5.71. The molecule has 3 nitrogen and oxygen atoms in total. The highest BCUT2D eigenvalue weighted by atomic mass is 16.5. The summed E-state index contributed by atoms with van der Waals surface area (Å²) in [6.07, 6.45) is 1.30. The zero-order chi connectivity index (χ0) is 12.1. The highest BCUT2D eigenvalue weighted by Gasteiger charge is 2.43. The van der Waals surface area contributed by atoms with Crippen LogP contribution in [0.4, 0.5) is 5.69 Å². The van der Waals surface area contributed by atoms with Gasteiger partial charge in [-0.05, 0) is 24.6 Å². The summed E-state index contributed by atoms with van der Waals surface area (Å²) in [4.78, 5) is 5.20. The lowest BCUT2D eigenvalue weighted by atomic mass is 9.89. The molecule has 18 heavy (non-hydrogen) atoms. The first-order valence-electron chi connectivity index (χ1n) is 7.13. The number of anilines is 1. The van der Waals surface area contributed by atoms with Gasteiger partial charge in [0.15, 0.2) is 0 Å². The van der Waals surface area contributed by atoms with Crippen LogP contribution in [0.2, 0.25) is 0 Å². The zero-order valence-electron chi connectivity index (χ0n) is 10.9. The van der Waals surface area contributed by atoms with Gasteiger partial charge in [-0.1, -0.05) is 19.1 Å². The number of hydrogen-bond donors (Lipinski definition) is 0. The molecule has 3 heteroatoms. The molecule has 0 aromatic heterocycles. The molecule has 1 fully saturated rings. The van der Waals surface area contributed by atoms with Crippen molar-refractivity contribution in [3.8, 4) is 5.75 Å². The number of hydrogen-bond acceptors (Lipinski definition) is 3. The van der Waals surface area contributed by atoms with Gasteiger partial charge in [0.05, 0.1) is 12.2 Å². The number of rotatable bonds is 1. The largest absolute Gasteiger partial charge is 0.490 e. The van der Waals surface area contributed by atoms with E-state index in [1.165, 1.54) is 37.3 Å². The lowest BCUT2D eigenvalue weighted by Gasteiger charge is -2.39. The first-order valence-corrected chi connectivity index (χ1v) is 7.13. The molecule has 3 aliphatic rings. The van der Waals surface area contributed by atoms with E-state index in [2.05, 4.69) is 34.9 Å². The molecule has 96 valence electrons. The molecule has 0 spiro atoms. The Morgan fingerprint density at radius 1 is 1.33 bits per heavy atom. The summed E-state index contributed by atoms with van der Waals surface area (Å²) in [6, 6.07) is 7.31. The van der Waals surface area contributed by atoms with E-state index >= 15 is 0 Å². The minimum Gasteiger partial charge on any atom is -0.490 e. The van der Waals surface area contributed by atoms with Crippen LogP contribution in [0.1, 0.15) is 24.8 Å². The van der Waals surface area contributed by atoms with Gasteiger partial charge < -0.3 is 14.5 Å². The SMILES string of the molecule is CCN1CCC2C(C1)c1cccc3c1N2CCO3. The quantitative estimate of drug-likeness (QED) is 0.752. The van der Waals surface area contributed by atoms with Crippen molar-refractivity contribution in [3.05, 3.63) is 23.8 Å². The number of fused-ring (bicyclic) bond motifs is 3. The van der Waals surface area contributed by atoms with Gasteiger partial charge >= 0.3 is 0 Å². The summed E-state index contributed by atoms with van der Waals surface area (Å²) < 4.78 is 5.82. The minimum absolute atomic E-state index is 0.690. The molecule has 0 N–H and O–H groups in total. The van der Waals surface area contributed by atoms with Gasteiger partial charge in [0.1, 0.15) is 12.4 Å². The minimum atomic E-state index is 0.690. The Labute approximate surface area is 108 Å². The van der Waals surface area contributed by atoms with Gasteiger partial charge in [-0.2, -0.15) is 0 Å². The molecule has 0 bridgehead atoms. The van der Waals surface area contributed by atoms with E-state index in [9.17, 15) is 0 Å². The summed E-state index contributed by atoms with van der Waals surface area (Å²) in [5, 5.41) is 0. The Morgan fingerprint density at radius 3 is 3.17 bits per heavy atom. The maximum atomic E-state index is 5.82. The Bertz CT molecular complexity index is 474. The van der Waals surface area contributed by atoms with E-state index in [0.717, 1.165) is 18.9 Å². The summed E-state index contributed by atoms with van der Waals surface area (Å²) in [5.74, 6) is 1.80. The third-order valence-corrected chi connectivity index (χ3v) is 4.81. The van der Waals surface area contributed by atoms with Crippen molar-refractivity contribution < 1.29 is 4.74 Å². The van der Waals surface area contributed by atoms with Gasteiger partial charge in [0.25, 0.3) is 0 Å². The van der Waals surface area contributed by atoms with E-state index in [0.29, 0.717) is 12.0 Å². The van der Waals surface area contributed by atoms with Gasteiger partial charge in [0.2, 0.25) is 0 Å². The van der Waals surface area contributed by atoms with Crippen molar-refractivity contribution in [1.29, 1.82) is 0 Å². The number of ether oxygens (including phenoxy) is 1. The fraction of sp³-hybridized carbons (Fsp3) is 0.600. The van der Waals surface area contributed by atoms with Crippen molar-refractivity contribution in [1.82, 2.24) is 4.90 Å². The fourth-order valence-electron chi connectivity index (χ4n) is 3.93. The first kappa shape index (κ1) is 10.7. The molecule has 2 atom stereocenters. The molecule has 0 saturated carbocycles. The molecule has 0 aliphatic carbocycles. The van der Waals surface area contributed by atoms with Gasteiger partial charge in [-0.15, -0.1) is 0 Å². The molecule has 4 rings (SSSR count). The topological polar surface area (TPSA) is 15.7 Å². The molecule has 2 unspecified atom stereocenters. The Hall–Kier alpha value is -1.22. The Morgan fingerprint density at radius 2 is 2.28 bits per heavy atom. The van der Waals surface area contributed by atoms with E-state index < -0.39 is 0 Å². The van der Waals surface area contributed by atoms with E-state index in [1.807, 2.05) is 0 Å². The van der Waals surface area contributed by atoms with Gasteiger partial charge in [-0.25, -0.2) is 0 Å². The van der Waals surface area contributed by atoms with Crippen LogP contribution < -0.4 is 9.64 Å².